The molecule has 0 fully saturated rings. The third kappa shape index (κ3) is 4.07. The summed E-state index contributed by atoms with van der Waals surface area (Å²) in [7, 11) is -3.22. The number of carbonyl (C=O) groups is 1. The lowest BCUT2D eigenvalue weighted by Crippen LogP contribution is -2.14. The fourth-order valence-corrected chi connectivity index (χ4v) is 2.59. The lowest BCUT2D eigenvalue weighted by atomic mass is 10.3. The largest absolute Gasteiger partial charge is 0.325 e. The van der Waals surface area contributed by atoms with Crippen LogP contribution in [0.4, 0.5) is 5.69 Å². The van der Waals surface area contributed by atoms with E-state index in [4.69, 9.17) is 0 Å². The first-order valence-corrected chi connectivity index (χ1v) is 8.41. The lowest BCUT2D eigenvalue weighted by molar-refractivity contribution is -0.113. The van der Waals surface area contributed by atoms with Gasteiger partial charge < -0.3 is 5.32 Å². The Kier molecular flexibility index (Phi) is 4.40. The van der Waals surface area contributed by atoms with E-state index in [1.54, 1.807) is 12.1 Å². The van der Waals surface area contributed by atoms with Gasteiger partial charge in [0.15, 0.2) is 15.0 Å². The predicted octanol–water partition coefficient (Wildman–Crippen LogP) is 0.939. The van der Waals surface area contributed by atoms with Crippen LogP contribution >= 0.6 is 11.8 Å². The monoisotopic (exact) mass is 312 g/mol. The third-order valence-corrected chi connectivity index (χ3v) is 4.30. The smallest absolute Gasteiger partial charge is 0.234 e. The molecule has 0 aliphatic rings. The number of benzene rings is 1. The molecule has 1 amide bonds. The quantitative estimate of drug-likeness (QED) is 0.796. The van der Waals surface area contributed by atoms with Gasteiger partial charge in [0, 0.05) is 11.9 Å². The molecule has 1 aromatic heterocycles. The Morgan fingerprint density at radius 3 is 2.60 bits per heavy atom. The summed E-state index contributed by atoms with van der Waals surface area (Å²) in [5.74, 6) is -0.0262. The van der Waals surface area contributed by atoms with Crippen LogP contribution in [-0.4, -0.2) is 41.5 Å². The average molecular weight is 312 g/mol. The lowest BCUT2D eigenvalue weighted by Gasteiger charge is -2.05. The molecule has 0 spiro atoms. The van der Waals surface area contributed by atoms with E-state index in [9.17, 15) is 13.2 Å². The summed E-state index contributed by atoms with van der Waals surface area (Å²) in [5.41, 5.74) is 0.542. The number of nitrogens with one attached hydrogen (secondary N) is 2. The van der Waals surface area contributed by atoms with Crippen LogP contribution in [0.1, 0.15) is 0 Å². The van der Waals surface area contributed by atoms with Crippen LogP contribution in [-0.2, 0) is 14.6 Å². The molecule has 0 saturated carbocycles. The molecule has 2 N–H and O–H groups in total. The maximum atomic E-state index is 11.7. The second-order valence-electron chi connectivity index (χ2n) is 3.92. The molecule has 7 nitrogen and oxygen atoms in total. The molecule has 2 aromatic rings. The number of thioether (sulfide) groups is 1. The van der Waals surface area contributed by atoms with Gasteiger partial charge in [-0.3, -0.25) is 9.89 Å². The number of aromatic nitrogens is 3. The molecular formula is C11H12N4O3S2. The number of nitrogens with zero attached hydrogens (tertiary/aromatic N) is 2. The molecule has 9 heteroatoms. The molecule has 0 saturated heterocycles. The van der Waals surface area contributed by atoms with Crippen LogP contribution in [0.5, 0.6) is 0 Å². The molecule has 0 bridgehead atoms. The van der Waals surface area contributed by atoms with Gasteiger partial charge in [0.25, 0.3) is 0 Å². The molecule has 2 rings (SSSR count). The normalized spacial score (nSPS) is 11.2. The highest BCUT2D eigenvalue weighted by Crippen LogP contribution is 2.15. The van der Waals surface area contributed by atoms with Crippen molar-refractivity contribution in [2.24, 2.45) is 0 Å². The molecule has 0 atom stereocenters. The number of rotatable bonds is 5. The van der Waals surface area contributed by atoms with Gasteiger partial charge in [-0.1, -0.05) is 11.8 Å². The van der Waals surface area contributed by atoms with Crippen molar-refractivity contribution in [3.8, 4) is 0 Å². The van der Waals surface area contributed by atoms with Crippen molar-refractivity contribution in [3.05, 3.63) is 30.6 Å². The summed E-state index contributed by atoms with van der Waals surface area (Å²) in [6.45, 7) is 0. The SMILES string of the molecule is CS(=O)(=O)c1ccc(NC(=O)CSc2ncn[nH]2)cc1. The van der Waals surface area contributed by atoms with Gasteiger partial charge in [0.2, 0.25) is 5.91 Å². The second kappa shape index (κ2) is 6.06. The van der Waals surface area contributed by atoms with Crippen molar-refractivity contribution in [1.29, 1.82) is 0 Å². The van der Waals surface area contributed by atoms with Gasteiger partial charge in [0.05, 0.1) is 10.6 Å². The number of aromatic amines is 1. The summed E-state index contributed by atoms with van der Waals surface area (Å²) in [6, 6.07) is 6.00. The standard InChI is InChI=1S/C11H12N4O3S2/c1-20(17,18)9-4-2-8(3-5-9)14-10(16)6-19-11-12-7-13-15-11/h2-5,7H,6H2,1H3,(H,14,16)(H,12,13,15). The highest BCUT2D eigenvalue weighted by molar-refractivity contribution is 7.99. The number of sulfone groups is 1. The van der Waals surface area contributed by atoms with Gasteiger partial charge in [-0.25, -0.2) is 13.4 Å². The summed E-state index contributed by atoms with van der Waals surface area (Å²) in [4.78, 5) is 15.8. The minimum absolute atomic E-state index is 0.184. The maximum Gasteiger partial charge on any atom is 0.234 e. The molecule has 0 unspecified atom stereocenters. The van der Waals surface area contributed by atoms with Crippen LogP contribution in [0, 0.1) is 0 Å². The van der Waals surface area contributed by atoms with Crippen LogP contribution in [0.15, 0.2) is 40.6 Å². The van der Waals surface area contributed by atoms with Crippen molar-refractivity contribution in [2.45, 2.75) is 10.1 Å². The van der Waals surface area contributed by atoms with E-state index in [2.05, 4.69) is 20.5 Å². The highest BCUT2D eigenvalue weighted by atomic mass is 32.2. The Labute approximate surface area is 120 Å². The van der Waals surface area contributed by atoms with Crippen molar-refractivity contribution >= 4 is 33.2 Å². The zero-order valence-electron chi connectivity index (χ0n) is 10.5. The van der Waals surface area contributed by atoms with Gasteiger partial charge in [-0.15, -0.1) is 0 Å². The summed E-state index contributed by atoms with van der Waals surface area (Å²) >= 11 is 1.22. The van der Waals surface area contributed by atoms with Crippen LogP contribution in [0.2, 0.25) is 0 Å². The van der Waals surface area contributed by atoms with E-state index in [-0.39, 0.29) is 16.6 Å². The fraction of sp³-hybridized carbons (Fsp3) is 0.182. The number of anilines is 1. The van der Waals surface area contributed by atoms with E-state index in [0.717, 1.165) is 6.26 Å². The Hall–Kier alpha value is -1.87. The van der Waals surface area contributed by atoms with Crippen LogP contribution in [0.25, 0.3) is 0 Å². The van der Waals surface area contributed by atoms with E-state index in [1.165, 1.54) is 30.2 Å². The molecule has 1 heterocycles. The van der Waals surface area contributed by atoms with E-state index < -0.39 is 9.84 Å². The van der Waals surface area contributed by atoms with E-state index >= 15 is 0 Å². The van der Waals surface area contributed by atoms with Crippen LogP contribution in [0.3, 0.4) is 0 Å². The number of hydrogen-bond acceptors (Lipinski definition) is 6. The maximum absolute atomic E-state index is 11.7. The first-order valence-electron chi connectivity index (χ1n) is 5.53. The number of carbonyl (C=O) groups excluding carboxylic acids is 1. The first kappa shape index (κ1) is 14.5. The topological polar surface area (TPSA) is 105 Å². The van der Waals surface area contributed by atoms with Gasteiger partial charge in [-0.05, 0) is 24.3 Å². The predicted molar refractivity (Wildman–Crippen MR) is 75.3 cm³/mol. The minimum atomic E-state index is -3.22. The minimum Gasteiger partial charge on any atom is -0.325 e. The van der Waals surface area contributed by atoms with Gasteiger partial charge >= 0.3 is 0 Å². The Morgan fingerprint density at radius 2 is 2.05 bits per heavy atom. The zero-order valence-corrected chi connectivity index (χ0v) is 12.2. The third-order valence-electron chi connectivity index (χ3n) is 2.30. The molecule has 1 aromatic carbocycles. The van der Waals surface area contributed by atoms with Crippen molar-refractivity contribution in [2.75, 3.05) is 17.3 Å². The molecule has 0 radical (unpaired) electrons. The van der Waals surface area contributed by atoms with E-state index in [0.29, 0.717) is 10.8 Å². The average Bonchev–Trinajstić information content (AvgIpc) is 2.89. The second-order valence-corrected chi connectivity index (χ2v) is 6.90. The van der Waals surface area contributed by atoms with Crippen LogP contribution < -0.4 is 5.32 Å². The molecule has 0 aliphatic carbocycles. The highest BCUT2D eigenvalue weighted by Gasteiger charge is 2.08. The Bertz CT molecular complexity index is 681. The Balaban J connectivity index is 1.91. The zero-order chi connectivity index (χ0) is 14.6. The molecule has 20 heavy (non-hydrogen) atoms. The first-order chi connectivity index (χ1) is 9.45. The molecular weight excluding hydrogens is 300 g/mol. The number of hydrogen-bond donors (Lipinski definition) is 2. The number of H-pyrrole nitrogens is 1. The summed E-state index contributed by atoms with van der Waals surface area (Å²) in [5, 5.41) is 9.54. The Morgan fingerprint density at radius 1 is 1.35 bits per heavy atom. The van der Waals surface area contributed by atoms with Gasteiger partial charge in [0.1, 0.15) is 6.33 Å². The molecule has 0 aliphatic heterocycles. The molecule has 106 valence electrons. The fourth-order valence-electron chi connectivity index (χ4n) is 1.38. The summed E-state index contributed by atoms with van der Waals surface area (Å²) < 4.78 is 22.6. The van der Waals surface area contributed by atoms with Crippen molar-refractivity contribution < 1.29 is 13.2 Å². The van der Waals surface area contributed by atoms with Gasteiger partial charge in [-0.2, -0.15) is 5.10 Å². The van der Waals surface area contributed by atoms with Crippen molar-refractivity contribution in [3.63, 3.8) is 0 Å². The van der Waals surface area contributed by atoms with Crippen molar-refractivity contribution in [1.82, 2.24) is 15.2 Å². The number of amides is 1. The van der Waals surface area contributed by atoms with E-state index in [1.807, 2.05) is 0 Å². The summed E-state index contributed by atoms with van der Waals surface area (Å²) in [6.07, 6.45) is 2.50.